The lowest BCUT2D eigenvalue weighted by Gasteiger charge is -1.99. The number of aldehydes is 1. The second-order valence-corrected chi connectivity index (χ2v) is 3.56. The average Bonchev–Trinajstić information content (AvgIpc) is 2.52. The molecule has 0 radical (unpaired) electrons. The first kappa shape index (κ1) is 8.47. The summed E-state index contributed by atoms with van der Waals surface area (Å²) >= 11 is 1.71. The molecule has 0 saturated carbocycles. The van der Waals surface area contributed by atoms with Crippen LogP contribution in [0.2, 0.25) is 0 Å². The molecule has 1 unspecified atom stereocenters. The summed E-state index contributed by atoms with van der Waals surface area (Å²) in [6.07, 6.45) is 3.02. The summed E-state index contributed by atoms with van der Waals surface area (Å²) in [5.74, 6) is 0.204. The van der Waals surface area contributed by atoms with E-state index in [0.29, 0.717) is 0 Å². The monoisotopic (exact) mass is 168 g/mol. The van der Waals surface area contributed by atoms with E-state index >= 15 is 0 Å². The fourth-order valence-corrected chi connectivity index (χ4v) is 1.60. The average molecular weight is 168 g/mol. The van der Waals surface area contributed by atoms with Gasteiger partial charge in [0.15, 0.2) is 0 Å². The first-order chi connectivity index (χ1) is 5.33. The third-order valence-corrected chi connectivity index (χ3v) is 2.43. The molecule has 1 aromatic heterocycles. The maximum atomic E-state index is 10.3. The lowest BCUT2D eigenvalue weighted by Crippen LogP contribution is -1.96. The maximum absolute atomic E-state index is 10.3. The second kappa shape index (κ2) is 4.29. The maximum Gasteiger partial charge on any atom is 0.122 e. The summed E-state index contributed by atoms with van der Waals surface area (Å²) in [5, 5.41) is 4.21. The number of rotatable bonds is 4. The molecular formula is C9H12OS. The highest BCUT2D eigenvalue weighted by molar-refractivity contribution is 7.07. The smallest absolute Gasteiger partial charge is 0.122 e. The third kappa shape index (κ3) is 2.85. The van der Waals surface area contributed by atoms with Crippen LogP contribution in [0.5, 0.6) is 0 Å². The molecule has 0 aliphatic rings. The molecule has 0 aliphatic heterocycles. The zero-order chi connectivity index (χ0) is 8.10. The van der Waals surface area contributed by atoms with Crippen LogP contribution in [0.25, 0.3) is 0 Å². The Morgan fingerprint density at radius 1 is 1.73 bits per heavy atom. The molecule has 0 bridgehead atoms. The van der Waals surface area contributed by atoms with Gasteiger partial charge in [0.25, 0.3) is 0 Å². The van der Waals surface area contributed by atoms with Crippen LogP contribution in [-0.4, -0.2) is 6.29 Å². The lowest BCUT2D eigenvalue weighted by atomic mass is 10.0. The summed E-state index contributed by atoms with van der Waals surface area (Å²) in [7, 11) is 0. The fourth-order valence-electron chi connectivity index (χ4n) is 0.897. The van der Waals surface area contributed by atoms with Crippen molar-refractivity contribution in [1.29, 1.82) is 0 Å². The van der Waals surface area contributed by atoms with Crippen molar-refractivity contribution in [3.8, 4) is 0 Å². The predicted molar refractivity (Wildman–Crippen MR) is 47.9 cm³/mol. The Bertz CT molecular complexity index is 203. The quantitative estimate of drug-likeness (QED) is 0.631. The molecule has 1 rings (SSSR count). The van der Waals surface area contributed by atoms with Gasteiger partial charge in [-0.3, -0.25) is 0 Å². The molecule has 0 N–H and O–H groups in total. The van der Waals surface area contributed by atoms with Gasteiger partial charge in [-0.1, -0.05) is 6.92 Å². The first-order valence-corrected chi connectivity index (χ1v) is 4.73. The Morgan fingerprint density at radius 2 is 2.55 bits per heavy atom. The number of hydrogen-bond acceptors (Lipinski definition) is 2. The van der Waals surface area contributed by atoms with Crippen molar-refractivity contribution < 1.29 is 4.79 Å². The molecule has 0 fully saturated rings. The van der Waals surface area contributed by atoms with Crippen molar-refractivity contribution in [1.82, 2.24) is 0 Å². The summed E-state index contributed by atoms with van der Waals surface area (Å²) < 4.78 is 0. The molecular weight excluding hydrogens is 156 g/mol. The topological polar surface area (TPSA) is 17.1 Å². The zero-order valence-corrected chi connectivity index (χ0v) is 7.43. The highest BCUT2D eigenvalue weighted by atomic mass is 32.1. The zero-order valence-electron chi connectivity index (χ0n) is 6.62. The minimum absolute atomic E-state index is 0.204. The van der Waals surface area contributed by atoms with E-state index in [2.05, 4.69) is 16.8 Å². The van der Waals surface area contributed by atoms with Gasteiger partial charge >= 0.3 is 0 Å². The van der Waals surface area contributed by atoms with E-state index in [9.17, 15) is 4.79 Å². The molecule has 1 heterocycles. The first-order valence-electron chi connectivity index (χ1n) is 3.79. The minimum Gasteiger partial charge on any atom is -0.303 e. The largest absolute Gasteiger partial charge is 0.303 e. The van der Waals surface area contributed by atoms with E-state index in [1.54, 1.807) is 11.3 Å². The summed E-state index contributed by atoms with van der Waals surface area (Å²) in [4.78, 5) is 10.3. The summed E-state index contributed by atoms with van der Waals surface area (Å²) in [6.45, 7) is 1.96. The molecule has 1 atom stereocenters. The van der Waals surface area contributed by atoms with Crippen LogP contribution in [-0.2, 0) is 11.2 Å². The van der Waals surface area contributed by atoms with Gasteiger partial charge in [0.2, 0.25) is 0 Å². The van der Waals surface area contributed by atoms with Crippen molar-refractivity contribution in [2.45, 2.75) is 19.8 Å². The fraction of sp³-hybridized carbons (Fsp3) is 0.444. The van der Waals surface area contributed by atoms with Gasteiger partial charge in [-0.05, 0) is 35.2 Å². The molecule has 0 aliphatic carbocycles. The normalized spacial score (nSPS) is 12.8. The van der Waals surface area contributed by atoms with Crippen molar-refractivity contribution in [3.63, 3.8) is 0 Å². The van der Waals surface area contributed by atoms with Crippen molar-refractivity contribution in [2.75, 3.05) is 0 Å². The standard InChI is InChI=1S/C9H12OS/c1-8(6-10)2-3-9-4-5-11-7-9/h4-8H,2-3H2,1H3. The van der Waals surface area contributed by atoms with Gasteiger partial charge in [-0.15, -0.1) is 0 Å². The Balaban J connectivity index is 2.28. The third-order valence-electron chi connectivity index (χ3n) is 1.70. The van der Waals surface area contributed by atoms with E-state index in [1.165, 1.54) is 5.56 Å². The van der Waals surface area contributed by atoms with Crippen LogP contribution in [0.1, 0.15) is 18.9 Å². The Labute approximate surface area is 71.1 Å². The van der Waals surface area contributed by atoms with Gasteiger partial charge < -0.3 is 4.79 Å². The number of carbonyl (C=O) groups excluding carboxylic acids is 1. The number of aryl methyl sites for hydroxylation is 1. The molecule has 0 aromatic carbocycles. The number of thiophene rings is 1. The lowest BCUT2D eigenvalue weighted by molar-refractivity contribution is -0.110. The predicted octanol–water partition coefficient (Wildman–Crippen LogP) is 2.52. The Kier molecular flexibility index (Phi) is 3.30. The van der Waals surface area contributed by atoms with Crippen molar-refractivity contribution >= 4 is 17.6 Å². The van der Waals surface area contributed by atoms with E-state index in [4.69, 9.17) is 0 Å². The van der Waals surface area contributed by atoms with Crippen LogP contribution in [0, 0.1) is 5.92 Å². The van der Waals surface area contributed by atoms with Crippen molar-refractivity contribution in [2.24, 2.45) is 5.92 Å². The van der Waals surface area contributed by atoms with Crippen molar-refractivity contribution in [3.05, 3.63) is 22.4 Å². The molecule has 2 heteroatoms. The van der Waals surface area contributed by atoms with Crippen LogP contribution in [0.4, 0.5) is 0 Å². The van der Waals surface area contributed by atoms with Gasteiger partial charge in [-0.2, -0.15) is 11.3 Å². The molecule has 0 amide bonds. The Hall–Kier alpha value is -0.630. The van der Waals surface area contributed by atoms with Gasteiger partial charge in [0, 0.05) is 5.92 Å². The van der Waals surface area contributed by atoms with Gasteiger partial charge in [0.1, 0.15) is 6.29 Å². The second-order valence-electron chi connectivity index (χ2n) is 2.78. The number of hydrogen-bond donors (Lipinski definition) is 0. The van der Waals surface area contributed by atoms with Crippen LogP contribution in [0.15, 0.2) is 16.8 Å². The van der Waals surface area contributed by atoms with Gasteiger partial charge in [-0.25, -0.2) is 0 Å². The van der Waals surface area contributed by atoms with E-state index < -0.39 is 0 Å². The molecule has 0 spiro atoms. The van der Waals surface area contributed by atoms with Gasteiger partial charge in [0.05, 0.1) is 0 Å². The minimum atomic E-state index is 0.204. The van der Waals surface area contributed by atoms with Crippen LogP contribution in [0.3, 0.4) is 0 Å². The Morgan fingerprint density at radius 3 is 3.09 bits per heavy atom. The highest BCUT2D eigenvalue weighted by Gasteiger charge is 1.99. The highest BCUT2D eigenvalue weighted by Crippen LogP contribution is 2.11. The van der Waals surface area contributed by atoms with E-state index in [0.717, 1.165) is 19.1 Å². The van der Waals surface area contributed by atoms with E-state index in [-0.39, 0.29) is 5.92 Å². The molecule has 0 saturated heterocycles. The molecule has 60 valence electrons. The SMILES string of the molecule is CC(C=O)CCc1ccsc1. The van der Waals surface area contributed by atoms with E-state index in [1.807, 2.05) is 6.92 Å². The number of carbonyl (C=O) groups is 1. The molecule has 1 aromatic rings. The van der Waals surface area contributed by atoms with Crippen LogP contribution < -0.4 is 0 Å². The molecule has 11 heavy (non-hydrogen) atoms. The summed E-state index contributed by atoms with van der Waals surface area (Å²) in [6, 6.07) is 2.11. The van der Waals surface area contributed by atoms with Crippen LogP contribution >= 0.6 is 11.3 Å². The molecule has 1 nitrogen and oxygen atoms in total. The summed E-state index contributed by atoms with van der Waals surface area (Å²) in [5.41, 5.74) is 1.35.